The molecule has 0 aliphatic rings. The number of aliphatic hydroxyl groups excluding tert-OH is 1. The fourth-order valence-corrected chi connectivity index (χ4v) is 1.55. The predicted molar refractivity (Wildman–Crippen MR) is 65.0 cm³/mol. The minimum absolute atomic E-state index is 0.192. The van der Waals surface area contributed by atoms with E-state index in [4.69, 9.17) is 9.52 Å². The van der Waals surface area contributed by atoms with Crippen molar-refractivity contribution < 1.29 is 18.8 Å². The highest BCUT2D eigenvalue weighted by Crippen LogP contribution is 2.22. The Labute approximate surface area is 107 Å². The van der Waals surface area contributed by atoms with Crippen LogP contribution in [-0.4, -0.2) is 10.0 Å². The van der Waals surface area contributed by atoms with Crippen LogP contribution >= 0.6 is 0 Å². The zero-order valence-electron chi connectivity index (χ0n) is 9.80. The molecule has 0 aliphatic carbocycles. The Bertz CT molecular complexity index is 597. The average Bonchev–Trinajstić information content (AvgIpc) is 2.85. The van der Waals surface area contributed by atoms with E-state index in [2.05, 4.69) is 5.32 Å². The number of nitro benzene ring substituents is 1. The Kier molecular flexibility index (Phi) is 3.76. The zero-order valence-corrected chi connectivity index (χ0v) is 9.80. The van der Waals surface area contributed by atoms with Gasteiger partial charge in [-0.25, -0.2) is 0 Å². The second-order valence-corrected chi connectivity index (χ2v) is 3.80. The van der Waals surface area contributed by atoms with E-state index in [1.54, 1.807) is 12.1 Å². The third-order valence-corrected chi connectivity index (χ3v) is 2.48. The molecule has 1 aromatic carbocycles. The molecule has 2 rings (SSSR count). The summed E-state index contributed by atoms with van der Waals surface area (Å²) in [7, 11) is 0. The minimum Gasteiger partial charge on any atom is -0.462 e. The fourth-order valence-electron chi connectivity index (χ4n) is 1.55. The van der Waals surface area contributed by atoms with Crippen LogP contribution in [0.25, 0.3) is 0 Å². The lowest BCUT2D eigenvalue weighted by atomic mass is 10.2. The van der Waals surface area contributed by atoms with E-state index in [1.807, 2.05) is 0 Å². The minimum atomic E-state index is -0.879. The van der Waals surface area contributed by atoms with Gasteiger partial charge in [0.1, 0.15) is 18.1 Å². The molecule has 100 valence electrons. The van der Waals surface area contributed by atoms with Crippen molar-refractivity contribution in [3.63, 3.8) is 0 Å². The van der Waals surface area contributed by atoms with E-state index >= 15 is 0 Å². The number of aliphatic hydroxyl groups is 1. The van der Waals surface area contributed by atoms with Crippen LogP contribution < -0.4 is 5.32 Å². The third kappa shape index (κ3) is 3.08. The van der Waals surface area contributed by atoms with Gasteiger partial charge < -0.3 is 14.8 Å². The van der Waals surface area contributed by atoms with E-state index in [-0.39, 0.29) is 13.2 Å². The summed E-state index contributed by atoms with van der Waals surface area (Å²) < 4.78 is 18.4. The predicted octanol–water partition coefficient (Wildman–Crippen LogP) is 2.43. The second-order valence-electron chi connectivity index (χ2n) is 3.80. The molecular weight excluding hydrogens is 255 g/mol. The number of hydrogen-bond donors (Lipinski definition) is 2. The van der Waals surface area contributed by atoms with Crippen molar-refractivity contribution in [2.45, 2.75) is 13.2 Å². The van der Waals surface area contributed by atoms with Gasteiger partial charge in [-0.1, -0.05) is 0 Å². The SMILES string of the molecule is O=[N+]([O-])c1cc(NCc2ccc(CO)o2)ccc1F. The lowest BCUT2D eigenvalue weighted by Gasteiger charge is -2.04. The quantitative estimate of drug-likeness (QED) is 0.641. The van der Waals surface area contributed by atoms with Gasteiger partial charge in [0.25, 0.3) is 0 Å². The normalized spacial score (nSPS) is 10.4. The Balaban J connectivity index is 2.07. The first kappa shape index (κ1) is 13.0. The van der Waals surface area contributed by atoms with Gasteiger partial charge in [-0.05, 0) is 24.3 Å². The number of benzene rings is 1. The molecule has 0 saturated carbocycles. The lowest BCUT2D eigenvalue weighted by molar-refractivity contribution is -0.387. The van der Waals surface area contributed by atoms with Gasteiger partial charge in [-0.2, -0.15) is 4.39 Å². The van der Waals surface area contributed by atoms with Crippen LogP contribution in [0.4, 0.5) is 15.8 Å². The molecule has 0 saturated heterocycles. The van der Waals surface area contributed by atoms with E-state index in [0.717, 1.165) is 12.1 Å². The third-order valence-electron chi connectivity index (χ3n) is 2.48. The van der Waals surface area contributed by atoms with Gasteiger partial charge in [0, 0.05) is 11.8 Å². The molecule has 6 nitrogen and oxygen atoms in total. The summed E-state index contributed by atoms with van der Waals surface area (Å²) in [5.74, 6) is 0.119. The van der Waals surface area contributed by atoms with Crippen LogP contribution in [0.3, 0.4) is 0 Å². The molecule has 0 aliphatic heterocycles. The summed E-state index contributed by atoms with van der Waals surface area (Å²) in [5, 5.41) is 22.3. The number of halogens is 1. The van der Waals surface area contributed by atoms with Crippen molar-refractivity contribution >= 4 is 11.4 Å². The Morgan fingerprint density at radius 2 is 2.05 bits per heavy atom. The molecule has 0 spiro atoms. The number of anilines is 1. The smallest absolute Gasteiger partial charge is 0.306 e. The molecular formula is C12H11FN2O4. The molecule has 7 heteroatoms. The summed E-state index contributed by atoms with van der Waals surface area (Å²) in [6.45, 7) is 0.0881. The molecule has 0 bridgehead atoms. The van der Waals surface area contributed by atoms with Gasteiger partial charge in [0.2, 0.25) is 5.82 Å². The van der Waals surface area contributed by atoms with Gasteiger partial charge in [-0.3, -0.25) is 10.1 Å². The molecule has 0 amide bonds. The fraction of sp³-hybridized carbons (Fsp3) is 0.167. The van der Waals surface area contributed by atoms with E-state index < -0.39 is 16.4 Å². The first-order chi connectivity index (χ1) is 9.10. The Hall–Kier alpha value is -2.41. The van der Waals surface area contributed by atoms with Gasteiger partial charge >= 0.3 is 5.69 Å². The largest absolute Gasteiger partial charge is 0.462 e. The molecule has 0 unspecified atom stereocenters. The van der Waals surface area contributed by atoms with Crippen molar-refractivity contribution in [3.05, 3.63) is 57.8 Å². The van der Waals surface area contributed by atoms with Crippen molar-refractivity contribution in [1.82, 2.24) is 0 Å². The highest BCUT2D eigenvalue weighted by atomic mass is 19.1. The van der Waals surface area contributed by atoms with Crippen molar-refractivity contribution in [2.24, 2.45) is 0 Å². The summed E-state index contributed by atoms with van der Waals surface area (Å²) in [6.07, 6.45) is 0. The summed E-state index contributed by atoms with van der Waals surface area (Å²) in [5.41, 5.74) is -0.171. The van der Waals surface area contributed by atoms with Crippen LogP contribution in [0.15, 0.2) is 34.7 Å². The standard InChI is InChI=1S/C12H11FN2O4/c13-11-4-1-8(5-12(11)15(17)18)14-6-9-2-3-10(7-16)19-9/h1-5,14,16H,6-7H2. The van der Waals surface area contributed by atoms with Crippen LogP contribution in [0.2, 0.25) is 0 Å². The molecule has 1 aromatic heterocycles. The molecule has 0 atom stereocenters. The number of nitrogens with zero attached hydrogens (tertiary/aromatic N) is 1. The van der Waals surface area contributed by atoms with Crippen molar-refractivity contribution in [1.29, 1.82) is 0 Å². The molecule has 0 radical (unpaired) electrons. The number of nitrogens with one attached hydrogen (secondary N) is 1. The van der Waals surface area contributed by atoms with Crippen molar-refractivity contribution in [3.8, 4) is 0 Å². The maximum atomic E-state index is 13.1. The Morgan fingerprint density at radius 3 is 2.68 bits per heavy atom. The molecule has 2 aromatic rings. The lowest BCUT2D eigenvalue weighted by Crippen LogP contribution is -2.00. The molecule has 1 heterocycles. The highest BCUT2D eigenvalue weighted by Gasteiger charge is 2.14. The zero-order chi connectivity index (χ0) is 13.8. The number of hydrogen-bond acceptors (Lipinski definition) is 5. The highest BCUT2D eigenvalue weighted by molar-refractivity contribution is 5.51. The van der Waals surface area contributed by atoms with Gasteiger partial charge in [0.15, 0.2) is 0 Å². The van der Waals surface area contributed by atoms with E-state index in [1.165, 1.54) is 6.07 Å². The Morgan fingerprint density at radius 1 is 1.32 bits per heavy atom. The van der Waals surface area contributed by atoms with Crippen LogP contribution in [0.1, 0.15) is 11.5 Å². The molecule has 2 N–H and O–H groups in total. The van der Waals surface area contributed by atoms with Gasteiger partial charge in [-0.15, -0.1) is 0 Å². The summed E-state index contributed by atoms with van der Waals surface area (Å²) in [4.78, 5) is 9.80. The topological polar surface area (TPSA) is 88.5 Å². The number of furan rings is 1. The van der Waals surface area contributed by atoms with E-state index in [0.29, 0.717) is 17.2 Å². The first-order valence-corrected chi connectivity index (χ1v) is 5.46. The average molecular weight is 266 g/mol. The van der Waals surface area contributed by atoms with Crippen LogP contribution in [0, 0.1) is 15.9 Å². The second kappa shape index (κ2) is 5.49. The van der Waals surface area contributed by atoms with Gasteiger partial charge in [0.05, 0.1) is 11.5 Å². The van der Waals surface area contributed by atoms with Crippen molar-refractivity contribution in [2.75, 3.05) is 5.32 Å². The van der Waals surface area contributed by atoms with Crippen LogP contribution in [0.5, 0.6) is 0 Å². The number of nitro groups is 1. The maximum absolute atomic E-state index is 13.1. The molecule has 19 heavy (non-hydrogen) atoms. The molecule has 0 fully saturated rings. The first-order valence-electron chi connectivity index (χ1n) is 5.46. The maximum Gasteiger partial charge on any atom is 0.306 e. The van der Waals surface area contributed by atoms with E-state index in [9.17, 15) is 14.5 Å². The monoisotopic (exact) mass is 266 g/mol. The number of rotatable bonds is 5. The summed E-state index contributed by atoms with van der Waals surface area (Å²) in [6, 6.07) is 6.85. The summed E-state index contributed by atoms with van der Waals surface area (Å²) >= 11 is 0. The van der Waals surface area contributed by atoms with Crippen LogP contribution in [-0.2, 0) is 13.2 Å².